The Bertz CT molecular complexity index is 562. The Hall–Kier alpha value is -1.43. The molecule has 0 radical (unpaired) electrons. The van der Waals surface area contributed by atoms with Crippen LogP contribution >= 0.6 is 0 Å². The molecule has 0 aromatic rings. The smallest absolute Gasteiger partial charge is 0.347 e. The molecule has 128 valence electrons. The fourth-order valence-corrected chi connectivity index (χ4v) is 4.53. The van der Waals surface area contributed by atoms with Gasteiger partial charge in [-0.3, -0.25) is 9.59 Å². The predicted octanol–water partition coefficient (Wildman–Crippen LogP) is 1.79. The maximum atomic E-state index is 12.9. The summed E-state index contributed by atoms with van der Waals surface area (Å²) in [4.78, 5) is 38.1. The van der Waals surface area contributed by atoms with Gasteiger partial charge in [0.2, 0.25) is 5.60 Å². The third-order valence-electron chi connectivity index (χ3n) is 5.34. The summed E-state index contributed by atoms with van der Waals surface area (Å²) in [7, 11) is 1.28. The van der Waals surface area contributed by atoms with E-state index in [1.54, 1.807) is 20.8 Å². The Balaban J connectivity index is 2.08. The maximum Gasteiger partial charge on any atom is 0.347 e. The molecule has 6 nitrogen and oxygen atoms in total. The van der Waals surface area contributed by atoms with E-state index in [9.17, 15) is 14.4 Å². The lowest BCUT2D eigenvalue weighted by atomic mass is 9.77. The van der Waals surface area contributed by atoms with Crippen molar-refractivity contribution in [1.29, 1.82) is 0 Å². The Kier molecular flexibility index (Phi) is 3.59. The number of ketones is 1. The van der Waals surface area contributed by atoms with Gasteiger partial charge in [0.25, 0.3) is 0 Å². The quantitative estimate of drug-likeness (QED) is 0.569. The van der Waals surface area contributed by atoms with Gasteiger partial charge in [-0.05, 0) is 40.0 Å². The van der Waals surface area contributed by atoms with Crippen molar-refractivity contribution in [3.63, 3.8) is 0 Å². The molecule has 0 N–H and O–H groups in total. The monoisotopic (exact) mass is 324 g/mol. The number of carbonyl (C=O) groups is 3. The second kappa shape index (κ2) is 5.03. The van der Waals surface area contributed by atoms with Gasteiger partial charge < -0.3 is 14.2 Å². The zero-order valence-corrected chi connectivity index (χ0v) is 14.1. The summed E-state index contributed by atoms with van der Waals surface area (Å²) in [6.07, 6.45) is 3.26. The molecule has 2 aliphatic heterocycles. The van der Waals surface area contributed by atoms with E-state index in [0.717, 1.165) is 19.3 Å². The molecule has 1 spiro atoms. The lowest BCUT2D eigenvalue weighted by molar-refractivity contribution is -0.206. The van der Waals surface area contributed by atoms with Crippen LogP contribution in [0.5, 0.6) is 0 Å². The number of esters is 2. The first-order valence-electron chi connectivity index (χ1n) is 8.21. The van der Waals surface area contributed by atoms with E-state index in [0.29, 0.717) is 6.42 Å². The minimum Gasteiger partial charge on any atom is -0.469 e. The normalized spacial score (nSPS) is 39.0. The third kappa shape index (κ3) is 2.22. The minimum atomic E-state index is -1.83. The number of methoxy groups -OCH3 is 1. The van der Waals surface area contributed by atoms with Gasteiger partial charge in [-0.2, -0.15) is 0 Å². The molecule has 3 fully saturated rings. The number of rotatable bonds is 2. The lowest BCUT2D eigenvalue weighted by Crippen LogP contribution is -2.58. The molecule has 1 saturated carbocycles. The highest BCUT2D eigenvalue weighted by atomic mass is 16.6. The van der Waals surface area contributed by atoms with Gasteiger partial charge >= 0.3 is 11.9 Å². The van der Waals surface area contributed by atoms with Crippen LogP contribution in [0.25, 0.3) is 0 Å². The third-order valence-corrected chi connectivity index (χ3v) is 5.34. The van der Waals surface area contributed by atoms with Crippen LogP contribution in [0.1, 0.15) is 52.9 Å². The molecular weight excluding hydrogens is 300 g/mol. The molecule has 23 heavy (non-hydrogen) atoms. The molecule has 3 aliphatic rings. The molecule has 4 atom stereocenters. The first-order chi connectivity index (χ1) is 10.7. The van der Waals surface area contributed by atoms with Crippen molar-refractivity contribution in [2.24, 2.45) is 11.8 Å². The summed E-state index contributed by atoms with van der Waals surface area (Å²) in [6.45, 7) is 5.19. The SMILES string of the molecule is COC(=O)[C@H]1[C@@H]2CCC[C@@]23CCC(=O)[C@]1(C(=O)OC(C)(C)C)O3. The van der Waals surface area contributed by atoms with E-state index in [4.69, 9.17) is 14.2 Å². The number of fused-ring (bicyclic) bond motifs is 1. The molecule has 3 rings (SSSR count). The van der Waals surface area contributed by atoms with Crippen LogP contribution in [0, 0.1) is 11.8 Å². The average molecular weight is 324 g/mol. The van der Waals surface area contributed by atoms with E-state index >= 15 is 0 Å². The summed E-state index contributed by atoms with van der Waals surface area (Å²) in [5.41, 5.74) is -3.16. The first kappa shape index (κ1) is 16.4. The van der Waals surface area contributed by atoms with Crippen LogP contribution < -0.4 is 0 Å². The summed E-state index contributed by atoms with van der Waals surface area (Å²) in [6, 6.07) is 0. The maximum absolute atomic E-state index is 12.9. The molecule has 1 aliphatic carbocycles. The molecule has 2 bridgehead atoms. The Morgan fingerprint density at radius 2 is 1.96 bits per heavy atom. The van der Waals surface area contributed by atoms with Gasteiger partial charge in [0.15, 0.2) is 5.78 Å². The Labute approximate surface area is 135 Å². The summed E-state index contributed by atoms with van der Waals surface area (Å²) >= 11 is 0. The molecule has 0 amide bonds. The fourth-order valence-electron chi connectivity index (χ4n) is 4.53. The van der Waals surface area contributed by atoms with Crippen LogP contribution in [-0.2, 0) is 28.6 Å². The zero-order chi connectivity index (χ0) is 17.0. The van der Waals surface area contributed by atoms with E-state index in [2.05, 4.69) is 0 Å². The van der Waals surface area contributed by atoms with Crippen LogP contribution in [0.4, 0.5) is 0 Å². The second-order valence-corrected chi connectivity index (χ2v) is 7.83. The van der Waals surface area contributed by atoms with Gasteiger partial charge in [-0.1, -0.05) is 6.42 Å². The number of hydrogen-bond acceptors (Lipinski definition) is 6. The molecule has 0 aromatic heterocycles. The summed E-state index contributed by atoms with van der Waals surface area (Å²) in [5, 5.41) is 0. The van der Waals surface area contributed by atoms with Crippen molar-refractivity contribution < 1.29 is 28.6 Å². The van der Waals surface area contributed by atoms with Crippen molar-refractivity contribution in [1.82, 2.24) is 0 Å². The van der Waals surface area contributed by atoms with Gasteiger partial charge in [0.1, 0.15) is 11.5 Å². The highest BCUT2D eigenvalue weighted by molar-refractivity contribution is 6.12. The lowest BCUT2D eigenvalue weighted by Gasteiger charge is -2.38. The van der Waals surface area contributed by atoms with Crippen LogP contribution in [0.2, 0.25) is 0 Å². The summed E-state index contributed by atoms with van der Waals surface area (Å²) in [5.74, 6) is -2.73. The molecule has 0 unspecified atom stereocenters. The van der Waals surface area contributed by atoms with Crippen LogP contribution in [-0.4, -0.2) is 41.6 Å². The highest BCUT2D eigenvalue weighted by Gasteiger charge is 2.75. The standard InChI is InChI=1S/C17H24O6/c1-15(2,3)22-14(20)17-11(18)7-9-16(23-17)8-5-6-10(16)12(17)13(19)21-4/h10,12H,5-9H2,1-4H3/t10-,12+,16+,17-/m0/s1. The van der Waals surface area contributed by atoms with Crippen molar-refractivity contribution >= 4 is 17.7 Å². The predicted molar refractivity (Wildman–Crippen MR) is 79.5 cm³/mol. The van der Waals surface area contributed by atoms with Gasteiger partial charge in [0.05, 0.1) is 12.7 Å². The average Bonchev–Trinajstić information content (AvgIpc) is 2.93. The molecular formula is C17H24O6. The topological polar surface area (TPSA) is 78.9 Å². The highest BCUT2D eigenvalue weighted by Crippen LogP contribution is 2.61. The van der Waals surface area contributed by atoms with Crippen molar-refractivity contribution in [2.45, 2.75) is 69.7 Å². The number of Topliss-reactive ketones (excluding diaryl/α,β-unsaturated/α-hetero) is 1. The Morgan fingerprint density at radius 1 is 1.26 bits per heavy atom. The molecule has 6 heteroatoms. The van der Waals surface area contributed by atoms with Gasteiger partial charge in [0, 0.05) is 12.3 Å². The van der Waals surface area contributed by atoms with E-state index in [1.165, 1.54) is 7.11 Å². The van der Waals surface area contributed by atoms with Crippen molar-refractivity contribution in [3.8, 4) is 0 Å². The van der Waals surface area contributed by atoms with Crippen LogP contribution in [0.3, 0.4) is 0 Å². The van der Waals surface area contributed by atoms with E-state index in [-0.39, 0.29) is 18.1 Å². The number of ether oxygens (including phenoxy) is 3. The van der Waals surface area contributed by atoms with E-state index in [1.807, 2.05) is 0 Å². The molecule has 2 saturated heterocycles. The van der Waals surface area contributed by atoms with E-state index < -0.39 is 34.7 Å². The molecule has 0 aromatic carbocycles. The largest absolute Gasteiger partial charge is 0.469 e. The fraction of sp³-hybridized carbons (Fsp3) is 0.824. The number of carbonyl (C=O) groups excluding carboxylic acids is 3. The second-order valence-electron chi connectivity index (χ2n) is 7.83. The van der Waals surface area contributed by atoms with Crippen LogP contribution in [0.15, 0.2) is 0 Å². The Morgan fingerprint density at radius 3 is 2.57 bits per heavy atom. The van der Waals surface area contributed by atoms with Crippen molar-refractivity contribution in [2.75, 3.05) is 7.11 Å². The summed E-state index contributed by atoms with van der Waals surface area (Å²) < 4.78 is 16.5. The zero-order valence-electron chi connectivity index (χ0n) is 14.1. The number of hydrogen-bond donors (Lipinski definition) is 0. The first-order valence-corrected chi connectivity index (χ1v) is 8.21. The molecule has 2 heterocycles. The van der Waals surface area contributed by atoms with Crippen molar-refractivity contribution in [3.05, 3.63) is 0 Å². The minimum absolute atomic E-state index is 0.158. The van der Waals surface area contributed by atoms with Gasteiger partial charge in [-0.15, -0.1) is 0 Å². The van der Waals surface area contributed by atoms with Gasteiger partial charge in [-0.25, -0.2) is 4.79 Å².